The second-order valence-corrected chi connectivity index (χ2v) is 8.49. The lowest BCUT2D eigenvalue weighted by Gasteiger charge is -2.26. The Kier molecular flexibility index (Phi) is 6.58. The van der Waals surface area contributed by atoms with Crippen LogP contribution in [0.2, 0.25) is 0 Å². The maximum atomic E-state index is 13.6. The van der Waals surface area contributed by atoms with Crippen LogP contribution >= 0.6 is 0 Å². The molecule has 0 saturated heterocycles. The maximum Gasteiger partial charge on any atom is 0.259 e. The molecule has 1 atom stereocenters. The number of rotatable bonds is 5. The summed E-state index contributed by atoms with van der Waals surface area (Å²) in [6.07, 6.45) is 1.92. The van der Waals surface area contributed by atoms with Crippen molar-refractivity contribution < 1.29 is 18.7 Å². The second-order valence-electron chi connectivity index (χ2n) is 8.49. The van der Waals surface area contributed by atoms with Gasteiger partial charge >= 0.3 is 0 Å². The van der Waals surface area contributed by atoms with Crippen LogP contribution in [0.4, 0.5) is 0 Å². The Labute approximate surface area is 198 Å². The fourth-order valence-electron chi connectivity index (χ4n) is 4.40. The number of hydrogen-bond donors (Lipinski definition) is 0. The van der Waals surface area contributed by atoms with E-state index in [-0.39, 0.29) is 29.2 Å². The Morgan fingerprint density at radius 1 is 1.12 bits per heavy atom. The molecule has 1 aliphatic heterocycles. The van der Waals surface area contributed by atoms with Crippen LogP contribution in [0.3, 0.4) is 0 Å². The monoisotopic (exact) mass is 463 g/mol. The average molecular weight is 464 g/mol. The summed E-state index contributed by atoms with van der Waals surface area (Å²) in [5, 5.41) is 0. The normalized spacial score (nSPS) is 14.2. The number of aryl methyl sites for hydroxylation is 1. The van der Waals surface area contributed by atoms with Gasteiger partial charge in [0.15, 0.2) is 0 Å². The highest BCUT2D eigenvalue weighted by molar-refractivity contribution is 5.98. The molecule has 0 radical (unpaired) electrons. The topological polar surface area (TPSA) is 85.0 Å². The number of nitrogens with zero attached hydrogens (tertiary/aromatic N) is 3. The fourth-order valence-corrected chi connectivity index (χ4v) is 4.40. The Bertz CT molecular complexity index is 1260. The van der Waals surface area contributed by atoms with Crippen LogP contribution in [0.1, 0.15) is 50.7 Å². The van der Waals surface area contributed by atoms with Gasteiger partial charge in [0.2, 0.25) is 0 Å². The molecule has 0 unspecified atom stereocenters. The highest BCUT2D eigenvalue weighted by Gasteiger charge is 2.30. The van der Waals surface area contributed by atoms with Gasteiger partial charge in [-0.25, -0.2) is 0 Å². The molecule has 3 heterocycles. The number of benzene rings is 1. The molecule has 0 bridgehead atoms. The molecular formula is C26H29N3O5. The van der Waals surface area contributed by atoms with Crippen molar-refractivity contribution in [1.29, 1.82) is 0 Å². The molecule has 8 heteroatoms. The molecule has 1 aromatic carbocycles. The van der Waals surface area contributed by atoms with Gasteiger partial charge in [0.1, 0.15) is 17.1 Å². The minimum atomic E-state index is -0.315. The number of furan rings is 1. The molecule has 0 spiro atoms. The molecule has 2 amide bonds. The maximum absolute atomic E-state index is 13.6. The van der Waals surface area contributed by atoms with Crippen molar-refractivity contribution in [1.82, 2.24) is 14.4 Å². The SMILES string of the molecule is COc1cc(=O)n2c(c1C(=O)N(C)[C@@H](C)c1ccco1)CCN(C(=O)c1ccccc1C)CC2. The van der Waals surface area contributed by atoms with E-state index in [4.69, 9.17) is 9.15 Å². The Morgan fingerprint density at radius 3 is 2.56 bits per heavy atom. The average Bonchev–Trinajstić information content (AvgIpc) is 3.29. The molecule has 1 aliphatic rings. The van der Waals surface area contributed by atoms with Crippen molar-refractivity contribution >= 4 is 11.8 Å². The molecule has 178 valence electrons. The van der Waals surface area contributed by atoms with Crippen molar-refractivity contribution in [3.05, 3.63) is 87.2 Å². The molecular weight excluding hydrogens is 434 g/mol. The molecule has 0 saturated carbocycles. The van der Waals surface area contributed by atoms with Crippen LogP contribution in [-0.2, 0) is 13.0 Å². The molecule has 0 N–H and O–H groups in total. The third-order valence-electron chi connectivity index (χ3n) is 6.55. The van der Waals surface area contributed by atoms with Gasteiger partial charge in [-0.3, -0.25) is 14.4 Å². The van der Waals surface area contributed by atoms with E-state index in [2.05, 4.69) is 0 Å². The number of fused-ring (bicyclic) bond motifs is 1. The van der Waals surface area contributed by atoms with Gasteiger partial charge in [-0.1, -0.05) is 18.2 Å². The van der Waals surface area contributed by atoms with E-state index in [0.29, 0.717) is 48.6 Å². The van der Waals surface area contributed by atoms with E-state index in [9.17, 15) is 14.4 Å². The number of carbonyl (C=O) groups is 2. The van der Waals surface area contributed by atoms with E-state index in [1.165, 1.54) is 13.2 Å². The summed E-state index contributed by atoms with van der Waals surface area (Å²) in [5.74, 6) is 0.535. The lowest BCUT2D eigenvalue weighted by molar-refractivity contribution is 0.0720. The minimum Gasteiger partial charge on any atom is -0.496 e. The summed E-state index contributed by atoms with van der Waals surface area (Å²) in [5.41, 5.74) is 2.20. The molecule has 0 fully saturated rings. The second kappa shape index (κ2) is 9.59. The first-order chi connectivity index (χ1) is 16.3. The van der Waals surface area contributed by atoms with E-state index in [1.54, 1.807) is 33.7 Å². The molecule has 3 aromatic rings. The van der Waals surface area contributed by atoms with Crippen molar-refractivity contribution in [3.63, 3.8) is 0 Å². The Balaban J connectivity index is 1.68. The zero-order valence-corrected chi connectivity index (χ0v) is 19.9. The first-order valence-electron chi connectivity index (χ1n) is 11.3. The van der Waals surface area contributed by atoms with Gasteiger partial charge in [0, 0.05) is 50.4 Å². The smallest absolute Gasteiger partial charge is 0.259 e. The van der Waals surface area contributed by atoms with Gasteiger partial charge in [-0.05, 0) is 37.6 Å². The van der Waals surface area contributed by atoms with Crippen molar-refractivity contribution in [3.8, 4) is 5.75 Å². The lowest BCUT2D eigenvalue weighted by atomic mass is 10.1. The Morgan fingerprint density at radius 2 is 1.88 bits per heavy atom. The number of methoxy groups -OCH3 is 1. The standard InChI is InChI=1S/C26H29N3O5/c1-17-8-5-6-9-19(17)25(31)28-12-11-20-24(22(33-4)16-23(30)29(20)14-13-28)26(32)27(3)18(2)21-10-7-15-34-21/h5-10,15-16,18H,11-14H2,1-4H3/t18-/m0/s1. The fraction of sp³-hybridized carbons (Fsp3) is 0.346. The summed E-state index contributed by atoms with van der Waals surface area (Å²) >= 11 is 0. The zero-order chi connectivity index (χ0) is 24.4. The van der Waals surface area contributed by atoms with E-state index in [1.807, 2.05) is 44.2 Å². The quantitative estimate of drug-likeness (QED) is 0.580. The third kappa shape index (κ3) is 4.23. The Hall–Kier alpha value is -3.81. The van der Waals surface area contributed by atoms with Gasteiger partial charge < -0.3 is 23.5 Å². The van der Waals surface area contributed by atoms with Crippen LogP contribution in [0.5, 0.6) is 5.75 Å². The lowest BCUT2D eigenvalue weighted by Crippen LogP contribution is -2.34. The van der Waals surface area contributed by atoms with Gasteiger partial charge in [0.05, 0.1) is 19.4 Å². The summed E-state index contributed by atoms with van der Waals surface area (Å²) in [6.45, 7) is 4.84. The van der Waals surface area contributed by atoms with Crippen LogP contribution in [0, 0.1) is 6.92 Å². The van der Waals surface area contributed by atoms with E-state index in [0.717, 1.165) is 5.56 Å². The molecule has 8 nitrogen and oxygen atoms in total. The van der Waals surface area contributed by atoms with E-state index < -0.39 is 0 Å². The zero-order valence-electron chi connectivity index (χ0n) is 19.9. The number of amides is 2. The van der Waals surface area contributed by atoms with E-state index >= 15 is 0 Å². The highest BCUT2D eigenvalue weighted by Crippen LogP contribution is 2.28. The number of ether oxygens (including phenoxy) is 1. The summed E-state index contributed by atoms with van der Waals surface area (Å²) in [7, 11) is 3.14. The summed E-state index contributed by atoms with van der Waals surface area (Å²) in [4.78, 5) is 43.1. The molecule has 34 heavy (non-hydrogen) atoms. The van der Waals surface area contributed by atoms with Gasteiger partial charge in [-0.2, -0.15) is 0 Å². The first-order valence-corrected chi connectivity index (χ1v) is 11.3. The molecule has 4 rings (SSSR count). The first kappa shape index (κ1) is 23.4. The number of hydrogen-bond acceptors (Lipinski definition) is 5. The number of carbonyl (C=O) groups excluding carboxylic acids is 2. The van der Waals surface area contributed by atoms with Crippen LogP contribution in [-0.4, -0.2) is 53.4 Å². The van der Waals surface area contributed by atoms with Crippen molar-refractivity contribution in [2.24, 2.45) is 0 Å². The van der Waals surface area contributed by atoms with Gasteiger partial charge in [-0.15, -0.1) is 0 Å². The minimum absolute atomic E-state index is 0.0812. The van der Waals surface area contributed by atoms with Crippen LogP contribution in [0.15, 0.2) is 57.9 Å². The summed E-state index contributed by atoms with van der Waals surface area (Å²) < 4.78 is 12.5. The predicted octanol–water partition coefficient (Wildman–Crippen LogP) is 3.29. The van der Waals surface area contributed by atoms with Crippen LogP contribution < -0.4 is 10.3 Å². The van der Waals surface area contributed by atoms with Crippen LogP contribution in [0.25, 0.3) is 0 Å². The third-order valence-corrected chi connectivity index (χ3v) is 6.55. The number of pyridine rings is 1. The van der Waals surface area contributed by atoms with Crippen molar-refractivity contribution in [2.45, 2.75) is 32.9 Å². The number of aromatic nitrogens is 1. The predicted molar refractivity (Wildman–Crippen MR) is 127 cm³/mol. The molecule has 0 aliphatic carbocycles. The summed E-state index contributed by atoms with van der Waals surface area (Å²) in [6, 6.07) is 12.1. The van der Waals surface area contributed by atoms with Crippen molar-refractivity contribution in [2.75, 3.05) is 27.2 Å². The largest absolute Gasteiger partial charge is 0.496 e. The van der Waals surface area contributed by atoms with Gasteiger partial charge in [0.25, 0.3) is 17.4 Å². The highest BCUT2D eigenvalue weighted by atomic mass is 16.5. The molecule has 2 aromatic heterocycles.